The molecule has 1 aromatic carbocycles. The number of nitrogens with one attached hydrogen (secondary N) is 1. The molecule has 7 nitrogen and oxygen atoms in total. The van der Waals surface area contributed by atoms with E-state index >= 15 is 0 Å². The summed E-state index contributed by atoms with van der Waals surface area (Å²) in [6, 6.07) is 6.28. The van der Waals surface area contributed by atoms with E-state index in [1.165, 1.54) is 19.1 Å². The highest BCUT2D eigenvalue weighted by Crippen LogP contribution is 2.24. The summed E-state index contributed by atoms with van der Waals surface area (Å²) >= 11 is 0. The monoisotopic (exact) mass is 330 g/mol. The third-order valence-corrected chi connectivity index (χ3v) is 3.97. The smallest absolute Gasteiger partial charge is 0.338 e. The van der Waals surface area contributed by atoms with E-state index in [9.17, 15) is 19.2 Å². The largest absolute Gasteiger partial charge is 0.449 e. The van der Waals surface area contributed by atoms with Gasteiger partial charge in [0.25, 0.3) is 5.91 Å². The average Bonchev–Trinajstić information content (AvgIpc) is 3.31. The standard InChI is InChI=1S/C17H18N2O5/c1-10(16(22)18-12-5-6-12)24-17(23)11-3-2-4-13(9-11)19-14(20)7-8-15(19)21/h2-4,9-10,12H,5-8H2,1H3,(H,18,22)/t10-/m0/s1. The molecule has 0 aromatic heterocycles. The minimum atomic E-state index is -0.906. The van der Waals surface area contributed by atoms with Crippen LogP contribution in [0.25, 0.3) is 0 Å². The molecule has 0 spiro atoms. The van der Waals surface area contributed by atoms with Crippen LogP contribution in [0.4, 0.5) is 5.69 Å². The van der Waals surface area contributed by atoms with E-state index in [2.05, 4.69) is 5.32 Å². The fourth-order valence-electron chi connectivity index (χ4n) is 2.46. The van der Waals surface area contributed by atoms with E-state index in [0.717, 1.165) is 17.7 Å². The lowest BCUT2D eigenvalue weighted by Gasteiger charge is -2.16. The van der Waals surface area contributed by atoms with Crippen molar-refractivity contribution in [3.63, 3.8) is 0 Å². The van der Waals surface area contributed by atoms with E-state index in [4.69, 9.17) is 4.74 Å². The fourth-order valence-corrected chi connectivity index (χ4v) is 2.46. The number of ether oxygens (including phenoxy) is 1. The van der Waals surface area contributed by atoms with Crippen molar-refractivity contribution in [3.05, 3.63) is 29.8 Å². The fraction of sp³-hybridized carbons (Fsp3) is 0.412. The van der Waals surface area contributed by atoms with E-state index in [1.54, 1.807) is 12.1 Å². The summed E-state index contributed by atoms with van der Waals surface area (Å²) in [5.74, 6) is -1.58. The van der Waals surface area contributed by atoms with Gasteiger partial charge in [0.15, 0.2) is 6.10 Å². The van der Waals surface area contributed by atoms with Crippen LogP contribution in [0.5, 0.6) is 0 Å². The quantitative estimate of drug-likeness (QED) is 0.646. The average molecular weight is 330 g/mol. The maximum Gasteiger partial charge on any atom is 0.338 e. The second-order valence-electron chi connectivity index (χ2n) is 6.00. The molecule has 7 heteroatoms. The second kappa shape index (κ2) is 6.43. The van der Waals surface area contributed by atoms with Gasteiger partial charge in [0.1, 0.15) is 0 Å². The highest BCUT2D eigenvalue weighted by atomic mass is 16.5. The molecule has 126 valence electrons. The molecular weight excluding hydrogens is 312 g/mol. The van der Waals surface area contributed by atoms with Crippen LogP contribution >= 0.6 is 0 Å². The normalized spacial score (nSPS) is 18.5. The number of rotatable bonds is 5. The van der Waals surface area contributed by atoms with Gasteiger partial charge in [0.2, 0.25) is 11.8 Å². The highest BCUT2D eigenvalue weighted by molar-refractivity contribution is 6.20. The Bertz CT molecular complexity index is 695. The molecule has 3 rings (SSSR count). The Balaban J connectivity index is 1.68. The van der Waals surface area contributed by atoms with Crippen LogP contribution in [0, 0.1) is 0 Å². The number of carbonyl (C=O) groups is 4. The van der Waals surface area contributed by atoms with Crippen LogP contribution in [0.15, 0.2) is 24.3 Å². The lowest BCUT2D eigenvalue weighted by atomic mass is 10.2. The van der Waals surface area contributed by atoms with E-state index < -0.39 is 12.1 Å². The van der Waals surface area contributed by atoms with Crippen molar-refractivity contribution in [2.45, 2.75) is 44.8 Å². The predicted molar refractivity (Wildman–Crippen MR) is 84.2 cm³/mol. The molecule has 1 saturated heterocycles. The molecule has 0 unspecified atom stereocenters. The molecule has 0 bridgehead atoms. The molecule has 1 atom stereocenters. The molecule has 2 fully saturated rings. The Morgan fingerprint density at radius 2 is 1.88 bits per heavy atom. The number of imide groups is 1. The van der Waals surface area contributed by atoms with Crippen molar-refractivity contribution < 1.29 is 23.9 Å². The molecule has 1 N–H and O–H groups in total. The van der Waals surface area contributed by atoms with Crippen molar-refractivity contribution in [3.8, 4) is 0 Å². The molecule has 1 aliphatic carbocycles. The minimum Gasteiger partial charge on any atom is -0.449 e. The molecule has 1 heterocycles. The number of anilines is 1. The summed E-state index contributed by atoms with van der Waals surface area (Å²) in [6.07, 6.45) is 1.34. The van der Waals surface area contributed by atoms with Crippen LogP contribution < -0.4 is 10.2 Å². The summed E-state index contributed by atoms with van der Waals surface area (Å²) in [4.78, 5) is 48.7. The first-order chi connectivity index (χ1) is 11.5. The number of benzene rings is 1. The molecule has 2 aliphatic rings. The lowest BCUT2D eigenvalue weighted by Crippen LogP contribution is -2.37. The molecule has 1 saturated carbocycles. The van der Waals surface area contributed by atoms with Gasteiger partial charge in [-0.3, -0.25) is 19.3 Å². The van der Waals surface area contributed by atoms with Gasteiger partial charge in [-0.05, 0) is 38.0 Å². The summed E-state index contributed by atoms with van der Waals surface area (Å²) in [5.41, 5.74) is 0.526. The van der Waals surface area contributed by atoms with Crippen molar-refractivity contribution in [2.24, 2.45) is 0 Å². The van der Waals surface area contributed by atoms with E-state index in [-0.39, 0.29) is 42.2 Å². The molecule has 3 amide bonds. The van der Waals surface area contributed by atoms with E-state index in [1.807, 2.05) is 0 Å². The number of esters is 1. The highest BCUT2D eigenvalue weighted by Gasteiger charge is 2.31. The van der Waals surface area contributed by atoms with Gasteiger partial charge < -0.3 is 10.1 Å². The topological polar surface area (TPSA) is 92.8 Å². The zero-order chi connectivity index (χ0) is 17.3. The van der Waals surface area contributed by atoms with Crippen molar-refractivity contribution in [1.82, 2.24) is 5.32 Å². The third-order valence-electron chi connectivity index (χ3n) is 3.97. The number of hydrogen-bond acceptors (Lipinski definition) is 5. The van der Waals surface area contributed by atoms with Gasteiger partial charge in [0.05, 0.1) is 11.3 Å². The molecule has 24 heavy (non-hydrogen) atoms. The maximum atomic E-state index is 12.2. The van der Waals surface area contributed by atoms with Gasteiger partial charge in [-0.2, -0.15) is 0 Å². The number of carbonyl (C=O) groups excluding carboxylic acids is 4. The summed E-state index contributed by atoms with van der Waals surface area (Å²) in [6.45, 7) is 1.51. The predicted octanol–water partition coefficient (Wildman–Crippen LogP) is 1.16. The zero-order valence-electron chi connectivity index (χ0n) is 13.3. The van der Waals surface area contributed by atoms with Gasteiger partial charge in [-0.25, -0.2) is 4.79 Å². The number of nitrogens with zero attached hydrogens (tertiary/aromatic N) is 1. The van der Waals surface area contributed by atoms with Gasteiger partial charge in [-0.1, -0.05) is 6.07 Å². The van der Waals surface area contributed by atoms with Gasteiger partial charge in [-0.15, -0.1) is 0 Å². The van der Waals surface area contributed by atoms with Crippen molar-refractivity contribution in [2.75, 3.05) is 4.90 Å². The number of hydrogen-bond donors (Lipinski definition) is 1. The van der Waals surface area contributed by atoms with Crippen molar-refractivity contribution >= 4 is 29.4 Å². The molecule has 0 radical (unpaired) electrons. The minimum absolute atomic E-state index is 0.172. The second-order valence-corrected chi connectivity index (χ2v) is 6.00. The lowest BCUT2D eigenvalue weighted by molar-refractivity contribution is -0.129. The Hall–Kier alpha value is -2.70. The summed E-state index contributed by atoms with van der Waals surface area (Å²) < 4.78 is 5.16. The Morgan fingerprint density at radius 1 is 1.21 bits per heavy atom. The van der Waals surface area contributed by atoms with Gasteiger partial charge >= 0.3 is 5.97 Å². The third kappa shape index (κ3) is 3.45. The molecule has 1 aromatic rings. The first-order valence-electron chi connectivity index (χ1n) is 7.93. The Labute approximate surface area is 139 Å². The Kier molecular flexibility index (Phi) is 4.33. The summed E-state index contributed by atoms with van der Waals surface area (Å²) in [5, 5.41) is 2.76. The van der Waals surface area contributed by atoms with Crippen molar-refractivity contribution in [1.29, 1.82) is 0 Å². The Morgan fingerprint density at radius 3 is 2.50 bits per heavy atom. The summed E-state index contributed by atoms with van der Waals surface area (Å²) in [7, 11) is 0. The molecular formula is C17H18N2O5. The first-order valence-corrected chi connectivity index (χ1v) is 7.93. The molecule has 1 aliphatic heterocycles. The zero-order valence-corrected chi connectivity index (χ0v) is 13.3. The van der Waals surface area contributed by atoms with Gasteiger partial charge in [0, 0.05) is 18.9 Å². The van der Waals surface area contributed by atoms with Crippen LogP contribution in [-0.2, 0) is 19.1 Å². The SMILES string of the molecule is C[C@H](OC(=O)c1cccc(N2C(=O)CCC2=O)c1)C(=O)NC1CC1. The van der Waals surface area contributed by atoms with Crippen LogP contribution in [-0.4, -0.2) is 35.8 Å². The van der Waals surface area contributed by atoms with Crippen LogP contribution in [0.1, 0.15) is 43.0 Å². The maximum absolute atomic E-state index is 12.2. The van der Waals surface area contributed by atoms with Crippen LogP contribution in [0.3, 0.4) is 0 Å². The van der Waals surface area contributed by atoms with Crippen LogP contribution in [0.2, 0.25) is 0 Å². The number of amides is 3. The van der Waals surface area contributed by atoms with E-state index in [0.29, 0.717) is 5.69 Å². The first kappa shape index (κ1) is 16.2.